The molecule has 0 unspecified atom stereocenters. The number of carbonyl (C=O) groups excluding carboxylic acids is 4. The quantitative estimate of drug-likeness (QED) is 0.252. The molecule has 0 radical (unpaired) electrons. The Hall–Kier alpha value is -2.51. The standard InChI is InChI=1S/2C11H11O2.2C2H6O.Ti/c2*1-8(12)11(9(2)13)10-6-4-3-5-7-10;2*1-2-3;/h2*3-7H,1-2H3;2*3H,2H2,1H3;/q2*-1;;;/p+6. The van der Waals surface area contributed by atoms with E-state index in [2.05, 4.69) is 0 Å². The van der Waals surface area contributed by atoms with Crippen molar-refractivity contribution in [3.8, 4) is 0 Å². The van der Waals surface area contributed by atoms with Crippen LogP contribution >= 0.6 is 0 Å². The molecule has 0 saturated heterocycles. The van der Waals surface area contributed by atoms with Crippen LogP contribution < -0.4 is 0 Å². The third-order valence-electron chi connectivity index (χ3n) is 3.57. The molecule has 8 N–H and O–H groups in total. The van der Waals surface area contributed by atoms with Crippen LogP contribution in [0, 0.1) is 11.8 Å². The third-order valence-corrected chi connectivity index (χ3v) is 3.57. The molecular formula is C26H40O6Ti+4. The van der Waals surface area contributed by atoms with Gasteiger partial charge in [-0.25, -0.2) is 0 Å². The van der Waals surface area contributed by atoms with Gasteiger partial charge in [-0.2, -0.15) is 35.4 Å². The summed E-state index contributed by atoms with van der Waals surface area (Å²) < 4.78 is 0. The van der Waals surface area contributed by atoms with Gasteiger partial charge in [0.2, 0.25) is 0 Å². The van der Waals surface area contributed by atoms with Crippen molar-refractivity contribution < 1.29 is 51.1 Å². The van der Waals surface area contributed by atoms with Gasteiger partial charge in [-0.15, -0.1) is 24.3 Å². The largest absolute Gasteiger partial charge is 0.446 e. The van der Waals surface area contributed by atoms with Gasteiger partial charge in [0.15, 0.2) is 0 Å². The van der Waals surface area contributed by atoms with Gasteiger partial charge in [-0.3, -0.25) is 19.2 Å². The molecule has 0 aromatic heterocycles. The van der Waals surface area contributed by atoms with Crippen LogP contribution in [0.4, 0.5) is 0 Å². The zero-order chi connectivity index (χ0) is 25.1. The number of benzene rings is 2. The molecule has 2 rings (SSSR count). The number of ketones is 4. The number of hydrogen-bond acceptors (Lipinski definition) is 0. The first-order valence-electron chi connectivity index (χ1n) is 10.3. The normalized spacial score (nSPS) is 8.48. The zero-order valence-electron chi connectivity index (χ0n) is 20.5. The first kappa shape index (κ1) is 35.1. The molecule has 0 amide bonds. The van der Waals surface area contributed by atoms with Crippen LogP contribution in [0.3, 0.4) is 0 Å². The first-order chi connectivity index (χ1) is 15.1. The maximum Gasteiger partial charge on any atom is 0.278 e. The summed E-state index contributed by atoms with van der Waals surface area (Å²) in [5.41, 5.74) is 1.64. The van der Waals surface area contributed by atoms with E-state index in [0.29, 0.717) is 25.0 Å². The molecule has 7 heteroatoms. The fraction of sp³-hybridized carbons (Fsp3) is 0.308. The van der Waals surface area contributed by atoms with E-state index in [4.69, 9.17) is 10.2 Å². The van der Waals surface area contributed by atoms with E-state index in [1.165, 1.54) is 0 Å². The molecule has 0 aliphatic carbocycles. The molecule has 2 aromatic carbocycles. The van der Waals surface area contributed by atoms with E-state index in [1.54, 1.807) is 41.5 Å². The third kappa shape index (κ3) is 15.9. The fourth-order valence-corrected chi connectivity index (χ4v) is 2.57. The van der Waals surface area contributed by atoms with Gasteiger partial charge in [0.1, 0.15) is 13.2 Å². The van der Waals surface area contributed by atoms with Crippen molar-refractivity contribution in [3.63, 3.8) is 0 Å². The van der Waals surface area contributed by atoms with Gasteiger partial charge in [-0.05, 0) is 0 Å². The van der Waals surface area contributed by atoms with E-state index < -0.39 is 0 Å². The van der Waals surface area contributed by atoms with Crippen molar-refractivity contribution in [1.29, 1.82) is 0 Å². The van der Waals surface area contributed by atoms with E-state index in [-0.39, 0.29) is 44.9 Å². The molecule has 0 bridgehead atoms. The molecule has 180 valence electrons. The second-order valence-corrected chi connectivity index (χ2v) is 6.53. The summed E-state index contributed by atoms with van der Waals surface area (Å²) in [4.78, 5) is 37.3. The Morgan fingerprint density at radius 2 is 0.758 bits per heavy atom. The summed E-state index contributed by atoms with van der Waals surface area (Å²) >= 11 is 0. The molecular weight excluding hydrogens is 456 g/mol. The molecule has 0 saturated carbocycles. The van der Waals surface area contributed by atoms with Crippen LogP contribution in [0.5, 0.6) is 0 Å². The minimum Gasteiger partial charge on any atom is -0.446 e. The summed E-state index contributed by atoms with van der Waals surface area (Å²) in [5.74, 6) is 1.52. The Balaban J connectivity index is -0.000000430. The van der Waals surface area contributed by atoms with Crippen LogP contribution in [-0.2, 0) is 21.7 Å². The van der Waals surface area contributed by atoms with Crippen LogP contribution in [0.1, 0.15) is 52.7 Å². The molecule has 2 aromatic rings. The van der Waals surface area contributed by atoms with E-state index in [9.17, 15) is 19.2 Å². The van der Waals surface area contributed by atoms with Crippen LogP contribution in [-0.4, -0.2) is 65.7 Å². The monoisotopic (exact) mass is 496 g/mol. The Morgan fingerprint density at radius 1 is 0.576 bits per heavy atom. The second kappa shape index (κ2) is 21.3. The Kier molecular flexibility index (Phi) is 22.7. The summed E-state index contributed by atoms with van der Waals surface area (Å²) in [6.07, 6.45) is 0. The first-order valence-corrected chi connectivity index (χ1v) is 10.3. The molecule has 0 fully saturated rings. The summed E-state index contributed by atoms with van der Waals surface area (Å²) in [5, 5.41) is 12.4. The van der Waals surface area contributed by atoms with Crippen LogP contribution in [0.2, 0.25) is 0 Å². The average Bonchev–Trinajstić information content (AvgIpc) is 2.70. The van der Waals surface area contributed by atoms with Crippen LogP contribution in [0.15, 0.2) is 60.7 Å². The predicted molar refractivity (Wildman–Crippen MR) is 136 cm³/mol. The van der Waals surface area contributed by atoms with Crippen molar-refractivity contribution in [2.24, 2.45) is 0 Å². The average molecular weight is 496 g/mol. The SMILES string of the molecule is CC(=[OH+])[C-](C(C)=[OH+])c1ccccc1.CC(=[OH+])[C-](C(C)=[OH+])c1ccccc1.CC[OH2+].CC[OH2+].[Ti]. The summed E-state index contributed by atoms with van der Waals surface area (Å²) in [7, 11) is 0. The fourth-order valence-electron chi connectivity index (χ4n) is 2.57. The smallest absolute Gasteiger partial charge is 0.278 e. The molecule has 0 heterocycles. The number of rotatable bonds is 6. The van der Waals surface area contributed by atoms with Gasteiger partial charge in [-0.1, -0.05) is 12.1 Å². The van der Waals surface area contributed by atoms with E-state index in [1.807, 2.05) is 60.7 Å². The minimum absolute atomic E-state index is 0. The summed E-state index contributed by atoms with van der Waals surface area (Å²) in [6.45, 7) is 10.8. The van der Waals surface area contributed by atoms with Crippen molar-refractivity contribution in [2.45, 2.75) is 41.5 Å². The van der Waals surface area contributed by atoms with Crippen molar-refractivity contribution in [2.75, 3.05) is 13.2 Å². The minimum atomic E-state index is 0. The van der Waals surface area contributed by atoms with Crippen molar-refractivity contribution in [1.82, 2.24) is 0 Å². The Bertz CT molecular complexity index is 709. The molecule has 0 spiro atoms. The molecule has 33 heavy (non-hydrogen) atoms. The van der Waals surface area contributed by atoms with Gasteiger partial charge in [0.25, 0.3) is 23.1 Å². The van der Waals surface area contributed by atoms with Gasteiger partial charge in [0.05, 0.1) is 11.8 Å². The topological polar surface area (TPSA) is 131 Å². The van der Waals surface area contributed by atoms with Gasteiger partial charge < -0.3 is 10.2 Å². The Labute approximate surface area is 212 Å². The second-order valence-electron chi connectivity index (χ2n) is 6.53. The maximum atomic E-state index is 9.33. The zero-order valence-corrected chi connectivity index (χ0v) is 22.0. The van der Waals surface area contributed by atoms with Crippen molar-refractivity contribution >= 4 is 23.1 Å². The van der Waals surface area contributed by atoms with Gasteiger partial charge >= 0.3 is 0 Å². The molecule has 6 nitrogen and oxygen atoms in total. The van der Waals surface area contributed by atoms with E-state index in [0.717, 1.165) is 11.1 Å². The van der Waals surface area contributed by atoms with Crippen LogP contribution in [0.25, 0.3) is 0 Å². The van der Waals surface area contributed by atoms with E-state index >= 15 is 0 Å². The molecule has 0 aliphatic heterocycles. The van der Waals surface area contributed by atoms with Gasteiger partial charge in [0, 0.05) is 63.3 Å². The summed E-state index contributed by atoms with van der Waals surface area (Å²) in [6, 6.07) is 18.6. The Morgan fingerprint density at radius 3 is 0.909 bits per heavy atom. The predicted octanol–water partition coefficient (Wildman–Crippen LogP) is 2.94. The van der Waals surface area contributed by atoms with Crippen molar-refractivity contribution in [3.05, 3.63) is 83.6 Å². The number of hydrogen-bond donors (Lipinski definition) is 0. The molecule has 0 aliphatic rings. The molecule has 0 atom stereocenters. The maximum absolute atomic E-state index is 9.33.